The lowest BCUT2D eigenvalue weighted by molar-refractivity contribution is -0.175. The zero-order valence-corrected chi connectivity index (χ0v) is 13.4. The molecule has 0 spiro atoms. The Labute approximate surface area is 143 Å². The second kappa shape index (κ2) is 6.75. The predicted octanol–water partition coefficient (Wildman–Crippen LogP) is 5.14. The Morgan fingerprint density at radius 2 is 1.88 bits per heavy atom. The Morgan fingerprint density at radius 3 is 2.56 bits per heavy atom. The van der Waals surface area contributed by atoms with E-state index in [-0.39, 0.29) is 13.0 Å². The van der Waals surface area contributed by atoms with E-state index in [1.807, 2.05) is 6.07 Å². The normalized spacial score (nSPS) is 18.0. The van der Waals surface area contributed by atoms with E-state index in [9.17, 15) is 22.8 Å². The number of rotatable bonds is 2. The number of hydrogen-bond donors (Lipinski definition) is 0. The first-order chi connectivity index (χ1) is 11.9. The zero-order valence-electron chi connectivity index (χ0n) is 13.4. The third-order valence-electron chi connectivity index (χ3n) is 4.53. The van der Waals surface area contributed by atoms with Gasteiger partial charge in [-0.15, -0.1) is 0 Å². The first-order valence-electron chi connectivity index (χ1n) is 8.01. The van der Waals surface area contributed by atoms with Crippen molar-refractivity contribution in [2.45, 2.75) is 19.0 Å². The second-order valence-corrected chi connectivity index (χ2v) is 6.15. The Balaban J connectivity index is 1.99. The maximum Gasteiger partial charge on any atom is 0.393 e. The molecule has 1 atom stereocenters. The van der Waals surface area contributed by atoms with Crippen LogP contribution >= 0.6 is 0 Å². The molecule has 25 heavy (non-hydrogen) atoms. The van der Waals surface area contributed by atoms with Crippen LogP contribution in [0, 0.1) is 23.1 Å². The number of piperidine rings is 1. The number of nitriles is 1. The third kappa shape index (κ3) is 3.60. The van der Waals surface area contributed by atoms with Crippen LogP contribution in [0.1, 0.15) is 18.4 Å². The van der Waals surface area contributed by atoms with E-state index in [2.05, 4.69) is 0 Å². The highest BCUT2D eigenvalue weighted by Gasteiger charge is 2.42. The zero-order chi connectivity index (χ0) is 18.0. The number of anilines is 1. The summed E-state index contributed by atoms with van der Waals surface area (Å²) in [5.41, 5.74) is 1.62. The van der Waals surface area contributed by atoms with Crippen LogP contribution in [0.5, 0.6) is 0 Å². The number of nitrogens with zero attached hydrogens (tertiary/aromatic N) is 2. The van der Waals surface area contributed by atoms with Crippen molar-refractivity contribution in [1.82, 2.24) is 0 Å². The first-order valence-corrected chi connectivity index (χ1v) is 8.01. The summed E-state index contributed by atoms with van der Waals surface area (Å²) in [6.45, 7) is 0.265. The predicted molar refractivity (Wildman–Crippen MR) is 87.5 cm³/mol. The van der Waals surface area contributed by atoms with Gasteiger partial charge in [0.1, 0.15) is 11.9 Å². The Kier molecular flexibility index (Phi) is 4.67. The van der Waals surface area contributed by atoms with Crippen LogP contribution in [-0.4, -0.2) is 19.3 Å². The van der Waals surface area contributed by atoms with Crippen LogP contribution in [0.4, 0.5) is 23.2 Å². The summed E-state index contributed by atoms with van der Waals surface area (Å²) >= 11 is 0. The lowest BCUT2D eigenvalue weighted by Crippen LogP contribution is -2.42. The van der Waals surface area contributed by atoms with Gasteiger partial charge in [0.25, 0.3) is 0 Å². The van der Waals surface area contributed by atoms with Crippen LogP contribution in [0.15, 0.2) is 42.5 Å². The monoisotopic (exact) mass is 348 g/mol. The minimum absolute atomic E-state index is 0.0922. The fourth-order valence-corrected chi connectivity index (χ4v) is 3.21. The van der Waals surface area contributed by atoms with Gasteiger partial charge in [0.2, 0.25) is 0 Å². The Bertz CT molecular complexity index is 808. The van der Waals surface area contributed by atoms with Gasteiger partial charge in [0, 0.05) is 18.7 Å². The molecule has 2 nitrogen and oxygen atoms in total. The van der Waals surface area contributed by atoms with E-state index in [1.54, 1.807) is 35.2 Å². The fourth-order valence-electron chi connectivity index (χ4n) is 3.21. The van der Waals surface area contributed by atoms with Crippen LogP contribution in [-0.2, 0) is 0 Å². The molecule has 0 saturated carbocycles. The number of alkyl halides is 3. The van der Waals surface area contributed by atoms with E-state index in [1.165, 1.54) is 12.1 Å². The Hall–Kier alpha value is -2.55. The van der Waals surface area contributed by atoms with Gasteiger partial charge in [-0.2, -0.15) is 18.4 Å². The van der Waals surface area contributed by atoms with Crippen molar-refractivity contribution in [2.24, 2.45) is 5.92 Å². The molecule has 0 bridgehead atoms. The molecule has 3 rings (SSSR count). The standard InChI is InChI=1S/C19H16F4N2/c20-17-6-2-1-5-16(17)13-7-8-14(11-24)18(10-13)25-9-3-4-15(12-25)19(21,22)23/h1-2,5-8,10,15H,3-4,9,12H2. The third-order valence-corrected chi connectivity index (χ3v) is 4.53. The molecule has 1 heterocycles. The van der Waals surface area contributed by atoms with Gasteiger partial charge in [-0.3, -0.25) is 0 Å². The van der Waals surface area contributed by atoms with Crippen molar-refractivity contribution < 1.29 is 17.6 Å². The molecule has 2 aromatic carbocycles. The van der Waals surface area contributed by atoms with Gasteiger partial charge in [0.05, 0.1) is 17.2 Å². The van der Waals surface area contributed by atoms with Crippen molar-refractivity contribution >= 4 is 5.69 Å². The summed E-state index contributed by atoms with van der Waals surface area (Å²) < 4.78 is 53.2. The molecule has 1 saturated heterocycles. The molecular formula is C19H16F4N2. The van der Waals surface area contributed by atoms with E-state index < -0.39 is 17.9 Å². The average Bonchev–Trinajstić information content (AvgIpc) is 2.61. The van der Waals surface area contributed by atoms with Crippen LogP contribution < -0.4 is 4.90 Å². The largest absolute Gasteiger partial charge is 0.393 e. The quantitative estimate of drug-likeness (QED) is 0.703. The van der Waals surface area contributed by atoms with Gasteiger partial charge in [-0.1, -0.05) is 24.3 Å². The molecule has 0 aromatic heterocycles. The van der Waals surface area contributed by atoms with E-state index in [0.29, 0.717) is 35.3 Å². The summed E-state index contributed by atoms with van der Waals surface area (Å²) in [5.74, 6) is -1.82. The van der Waals surface area contributed by atoms with Crippen molar-refractivity contribution in [3.8, 4) is 17.2 Å². The van der Waals surface area contributed by atoms with E-state index in [0.717, 1.165) is 0 Å². The van der Waals surface area contributed by atoms with Crippen LogP contribution in [0.25, 0.3) is 11.1 Å². The van der Waals surface area contributed by atoms with Crippen molar-refractivity contribution in [3.63, 3.8) is 0 Å². The van der Waals surface area contributed by atoms with Gasteiger partial charge in [0.15, 0.2) is 0 Å². The molecular weight excluding hydrogens is 332 g/mol. The molecule has 0 radical (unpaired) electrons. The van der Waals surface area contributed by atoms with Crippen LogP contribution in [0.2, 0.25) is 0 Å². The summed E-state index contributed by atoms with van der Waals surface area (Å²) in [4.78, 5) is 1.59. The van der Waals surface area contributed by atoms with Gasteiger partial charge < -0.3 is 4.90 Å². The summed E-state index contributed by atoms with van der Waals surface area (Å²) in [7, 11) is 0. The van der Waals surface area contributed by atoms with Crippen molar-refractivity contribution in [3.05, 3.63) is 53.8 Å². The minimum Gasteiger partial charge on any atom is -0.370 e. The first kappa shape index (κ1) is 17.3. The smallest absolute Gasteiger partial charge is 0.370 e. The average molecular weight is 348 g/mol. The molecule has 1 aliphatic heterocycles. The van der Waals surface area contributed by atoms with Gasteiger partial charge in [-0.25, -0.2) is 4.39 Å². The number of hydrogen-bond acceptors (Lipinski definition) is 2. The molecule has 1 fully saturated rings. The molecule has 1 unspecified atom stereocenters. The Morgan fingerprint density at radius 1 is 1.12 bits per heavy atom. The van der Waals surface area contributed by atoms with Crippen molar-refractivity contribution in [1.29, 1.82) is 5.26 Å². The highest BCUT2D eigenvalue weighted by molar-refractivity contribution is 5.73. The molecule has 2 aromatic rings. The van der Waals surface area contributed by atoms with Crippen LogP contribution in [0.3, 0.4) is 0 Å². The number of benzene rings is 2. The highest BCUT2D eigenvalue weighted by Crippen LogP contribution is 2.37. The van der Waals surface area contributed by atoms with Crippen molar-refractivity contribution in [2.75, 3.05) is 18.0 Å². The minimum atomic E-state index is -4.26. The number of halogens is 4. The van der Waals surface area contributed by atoms with E-state index >= 15 is 0 Å². The molecule has 6 heteroatoms. The maximum absolute atomic E-state index is 14.0. The summed E-state index contributed by atoms with van der Waals surface area (Å²) in [5, 5.41) is 9.32. The maximum atomic E-state index is 14.0. The highest BCUT2D eigenvalue weighted by atomic mass is 19.4. The van der Waals surface area contributed by atoms with E-state index in [4.69, 9.17) is 0 Å². The molecule has 0 aliphatic carbocycles. The SMILES string of the molecule is N#Cc1ccc(-c2ccccc2F)cc1N1CCCC(C(F)(F)F)C1. The topological polar surface area (TPSA) is 27.0 Å². The van der Waals surface area contributed by atoms with Gasteiger partial charge in [-0.05, 0) is 36.6 Å². The second-order valence-electron chi connectivity index (χ2n) is 6.15. The molecule has 0 N–H and O–H groups in total. The molecule has 0 amide bonds. The lowest BCUT2D eigenvalue weighted by Gasteiger charge is -2.35. The molecule has 130 valence electrons. The summed E-state index contributed by atoms with van der Waals surface area (Å²) in [6, 6.07) is 13.0. The molecule has 1 aliphatic rings. The summed E-state index contributed by atoms with van der Waals surface area (Å²) in [6.07, 6.45) is -3.76. The fraction of sp³-hybridized carbons (Fsp3) is 0.316. The lowest BCUT2D eigenvalue weighted by atomic mass is 9.95. The van der Waals surface area contributed by atoms with Gasteiger partial charge >= 0.3 is 6.18 Å².